The highest BCUT2D eigenvalue weighted by Gasteiger charge is 2.04. The van der Waals surface area contributed by atoms with Gasteiger partial charge in [-0.25, -0.2) is 4.98 Å². The van der Waals surface area contributed by atoms with Crippen LogP contribution in [0.5, 0.6) is 0 Å². The summed E-state index contributed by atoms with van der Waals surface area (Å²) in [6.07, 6.45) is 3.51. The molecule has 0 saturated carbocycles. The fraction of sp³-hybridized carbons (Fsp3) is 0. The molecule has 0 atom stereocenters. The Morgan fingerprint density at radius 2 is 1.88 bits per heavy atom. The van der Waals surface area contributed by atoms with E-state index in [-0.39, 0.29) is 0 Å². The molecule has 0 aliphatic rings. The molecule has 3 nitrogen and oxygen atoms in total. The molecule has 4 heteroatoms. The molecular formula is C12H8BrN3. The first-order valence-corrected chi connectivity index (χ1v) is 5.68. The molecule has 16 heavy (non-hydrogen) atoms. The minimum Gasteiger partial charge on any atom is -0.338 e. The van der Waals surface area contributed by atoms with Gasteiger partial charge < -0.3 is 4.98 Å². The molecule has 2 aromatic heterocycles. The number of rotatable bonds is 1. The third-order valence-electron chi connectivity index (χ3n) is 2.40. The summed E-state index contributed by atoms with van der Waals surface area (Å²) in [6, 6.07) is 9.97. The number of nitrogens with zero attached hydrogens (tertiary/aromatic N) is 2. The first kappa shape index (κ1) is 9.54. The van der Waals surface area contributed by atoms with Gasteiger partial charge in [0, 0.05) is 16.2 Å². The smallest absolute Gasteiger partial charge is 0.138 e. The van der Waals surface area contributed by atoms with Crippen molar-refractivity contribution < 1.29 is 0 Å². The summed E-state index contributed by atoms with van der Waals surface area (Å²) in [5, 5.41) is 0. The van der Waals surface area contributed by atoms with E-state index in [0.29, 0.717) is 0 Å². The number of nitrogens with one attached hydrogen (secondary N) is 1. The maximum absolute atomic E-state index is 4.48. The molecule has 78 valence electrons. The van der Waals surface area contributed by atoms with Crippen molar-refractivity contribution in [2.24, 2.45) is 0 Å². The number of imidazole rings is 1. The zero-order chi connectivity index (χ0) is 11.0. The van der Waals surface area contributed by atoms with E-state index in [2.05, 4.69) is 30.9 Å². The Morgan fingerprint density at radius 1 is 1.06 bits per heavy atom. The van der Waals surface area contributed by atoms with Crippen LogP contribution in [0.25, 0.3) is 22.4 Å². The lowest BCUT2D eigenvalue weighted by Gasteiger charge is -1.95. The predicted octanol–water partition coefficient (Wildman–Crippen LogP) is 3.39. The largest absolute Gasteiger partial charge is 0.338 e. The molecule has 0 unspecified atom stereocenters. The molecule has 3 rings (SSSR count). The van der Waals surface area contributed by atoms with Crippen LogP contribution in [0.3, 0.4) is 0 Å². The molecule has 0 bridgehead atoms. The van der Waals surface area contributed by atoms with Gasteiger partial charge in [-0.3, -0.25) is 4.98 Å². The average molecular weight is 274 g/mol. The number of benzene rings is 1. The van der Waals surface area contributed by atoms with Gasteiger partial charge in [0.2, 0.25) is 0 Å². The molecule has 1 aromatic carbocycles. The minimum atomic E-state index is 0.871. The summed E-state index contributed by atoms with van der Waals surface area (Å²) in [5.41, 5.74) is 2.97. The van der Waals surface area contributed by atoms with E-state index in [4.69, 9.17) is 0 Å². The van der Waals surface area contributed by atoms with E-state index in [0.717, 1.165) is 26.9 Å². The summed E-state index contributed by atoms with van der Waals surface area (Å²) in [7, 11) is 0. The third kappa shape index (κ3) is 1.61. The number of aromatic nitrogens is 3. The molecule has 0 radical (unpaired) electrons. The van der Waals surface area contributed by atoms with Crippen LogP contribution in [-0.2, 0) is 0 Å². The first-order chi connectivity index (χ1) is 7.83. The Bertz CT molecular complexity index is 595. The lowest BCUT2D eigenvalue weighted by molar-refractivity contribution is 1.32. The van der Waals surface area contributed by atoms with Gasteiger partial charge in [-0.15, -0.1) is 0 Å². The van der Waals surface area contributed by atoms with Gasteiger partial charge in [0.15, 0.2) is 0 Å². The molecule has 0 amide bonds. The first-order valence-electron chi connectivity index (χ1n) is 4.88. The van der Waals surface area contributed by atoms with Gasteiger partial charge in [-0.1, -0.05) is 28.1 Å². The van der Waals surface area contributed by atoms with Crippen molar-refractivity contribution in [3.63, 3.8) is 0 Å². The van der Waals surface area contributed by atoms with Crippen LogP contribution in [0.4, 0.5) is 0 Å². The lowest BCUT2D eigenvalue weighted by Crippen LogP contribution is -1.78. The molecule has 0 saturated heterocycles. The summed E-state index contributed by atoms with van der Waals surface area (Å²) in [4.78, 5) is 11.8. The molecule has 0 spiro atoms. The van der Waals surface area contributed by atoms with Gasteiger partial charge in [0.25, 0.3) is 0 Å². The second-order valence-corrected chi connectivity index (χ2v) is 4.40. The number of H-pyrrole nitrogens is 1. The molecule has 0 aliphatic carbocycles. The quantitative estimate of drug-likeness (QED) is 0.739. The number of pyridine rings is 1. The van der Waals surface area contributed by atoms with Crippen molar-refractivity contribution in [3.05, 3.63) is 47.2 Å². The fourth-order valence-electron chi connectivity index (χ4n) is 1.60. The van der Waals surface area contributed by atoms with Gasteiger partial charge in [0.05, 0.1) is 11.7 Å². The maximum Gasteiger partial charge on any atom is 0.138 e. The summed E-state index contributed by atoms with van der Waals surface area (Å²) in [5.74, 6) is 0.871. The molecular weight excluding hydrogens is 266 g/mol. The fourth-order valence-corrected chi connectivity index (χ4v) is 1.87. The van der Waals surface area contributed by atoms with Crippen molar-refractivity contribution in [2.45, 2.75) is 0 Å². The number of hydrogen-bond donors (Lipinski definition) is 1. The van der Waals surface area contributed by atoms with Crippen LogP contribution in [-0.4, -0.2) is 15.0 Å². The normalized spacial score (nSPS) is 10.8. The zero-order valence-electron chi connectivity index (χ0n) is 8.31. The standard InChI is InChI=1S/C12H8BrN3/c13-9-3-1-8(2-4-9)12-15-10-5-6-14-7-11(10)16-12/h1-7H,(H,15,16). The third-order valence-corrected chi connectivity index (χ3v) is 2.93. The van der Waals surface area contributed by atoms with Crippen LogP contribution in [0.1, 0.15) is 0 Å². The highest BCUT2D eigenvalue weighted by molar-refractivity contribution is 9.10. The van der Waals surface area contributed by atoms with Crippen LogP contribution in [0, 0.1) is 0 Å². The van der Waals surface area contributed by atoms with Gasteiger partial charge in [0.1, 0.15) is 11.3 Å². The average Bonchev–Trinajstić information content (AvgIpc) is 2.73. The van der Waals surface area contributed by atoms with Crippen molar-refractivity contribution in [3.8, 4) is 11.4 Å². The Morgan fingerprint density at radius 3 is 2.62 bits per heavy atom. The molecule has 0 aliphatic heterocycles. The highest BCUT2D eigenvalue weighted by Crippen LogP contribution is 2.21. The highest BCUT2D eigenvalue weighted by atomic mass is 79.9. The van der Waals surface area contributed by atoms with E-state index < -0.39 is 0 Å². The molecule has 1 N–H and O–H groups in total. The van der Waals surface area contributed by atoms with Crippen molar-refractivity contribution >= 4 is 27.0 Å². The Kier molecular flexibility index (Phi) is 2.22. The summed E-state index contributed by atoms with van der Waals surface area (Å²) < 4.78 is 1.06. The van der Waals surface area contributed by atoms with Crippen LogP contribution in [0.15, 0.2) is 47.2 Å². The zero-order valence-corrected chi connectivity index (χ0v) is 9.90. The number of hydrogen-bond acceptors (Lipinski definition) is 2. The van der Waals surface area contributed by atoms with Gasteiger partial charge in [-0.05, 0) is 18.2 Å². The van der Waals surface area contributed by atoms with E-state index in [9.17, 15) is 0 Å². The van der Waals surface area contributed by atoms with E-state index in [1.165, 1.54) is 0 Å². The lowest BCUT2D eigenvalue weighted by atomic mass is 10.2. The van der Waals surface area contributed by atoms with Gasteiger partial charge in [-0.2, -0.15) is 0 Å². The SMILES string of the molecule is Brc1ccc(-c2nc3cnccc3[nH]2)cc1. The summed E-state index contributed by atoms with van der Waals surface area (Å²) in [6.45, 7) is 0. The van der Waals surface area contributed by atoms with E-state index >= 15 is 0 Å². The van der Waals surface area contributed by atoms with Crippen molar-refractivity contribution in [2.75, 3.05) is 0 Å². The number of fused-ring (bicyclic) bond motifs is 1. The Hall–Kier alpha value is -1.68. The topological polar surface area (TPSA) is 41.6 Å². The van der Waals surface area contributed by atoms with Gasteiger partial charge >= 0.3 is 0 Å². The molecule has 0 fully saturated rings. The Balaban J connectivity index is 2.15. The maximum atomic E-state index is 4.48. The second kappa shape index (κ2) is 3.72. The second-order valence-electron chi connectivity index (χ2n) is 3.49. The van der Waals surface area contributed by atoms with Crippen LogP contribution < -0.4 is 0 Å². The molecule has 3 aromatic rings. The minimum absolute atomic E-state index is 0.871. The number of aromatic amines is 1. The predicted molar refractivity (Wildman–Crippen MR) is 67.0 cm³/mol. The molecule has 2 heterocycles. The van der Waals surface area contributed by atoms with Crippen molar-refractivity contribution in [1.29, 1.82) is 0 Å². The van der Waals surface area contributed by atoms with E-state index in [1.54, 1.807) is 12.4 Å². The monoisotopic (exact) mass is 273 g/mol. The van der Waals surface area contributed by atoms with Crippen LogP contribution >= 0.6 is 15.9 Å². The van der Waals surface area contributed by atoms with Crippen LogP contribution in [0.2, 0.25) is 0 Å². The van der Waals surface area contributed by atoms with E-state index in [1.807, 2.05) is 30.3 Å². The Labute approximate surface area is 101 Å². The summed E-state index contributed by atoms with van der Waals surface area (Å²) >= 11 is 3.41. The number of halogens is 1. The van der Waals surface area contributed by atoms with Crippen molar-refractivity contribution in [1.82, 2.24) is 15.0 Å².